The fourth-order valence-corrected chi connectivity index (χ4v) is 1.30. The van der Waals surface area contributed by atoms with Crippen molar-refractivity contribution in [3.63, 3.8) is 0 Å². The Balaban J connectivity index is 2.24. The van der Waals surface area contributed by atoms with E-state index in [1.165, 1.54) is 12.1 Å². The van der Waals surface area contributed by atoms with E-state index < -0.39 is 0 Å². The second-order valence-corrected chi connectivity index (χ2v) is 3.76. The number of hydrogen-bond acceptors (Lipinski definition) is 3. The molecular weight excluding hydrogens is 237 g/mol. The van der Waals surface area contributed by atoms with Crippen LogP contribution in [-0.4, -0.2) is 18.4 Å². The Morgan fingerprint density at radius 2 is 1.61 bits per heavy atom. The zero-order chi connectivity index (χ0) is 13.4. The van der Waals surface area contributed by atoms with E-state index in [2.05, 4.69) is 10.9 Å². The fourth-order valence-electron chi connectivity index (χ4n) is 1.30. The van der Waals surface area contributed by atoms with Crippen molar-refractivity contribution in [2.24, 2.45) is 5.73 Å². The third-order valence-electron chi connectivity index (χ3n) is 2.27. The number of hydrazine groups is 1. The molecule has 0 fully saturated rings. The highest BCUT2D eigenvalue weighted by atomic mass is 19.1. The largest absolute Gasteiger partial charge is 0.330 e. The minimum atomic E-state index is -0.326. The molecule has 1 rings (SSSR count). The van der Waals surface area contributed by atoms with Crippen LogP contribution in [0.5, 0.6) is 0 Å². The highest BCUT2D eigenvalue weighted by Gasteiger charge is 2.04. The van der Waals surface area contributed by atoms with E-state index in [4.69, 9.17) is 5.73 Å². The van der Waals surface area contributed by atoms with E-state index in [-0.39, 0.29) is 37.0 Å². The highest BCUT2D eigenvalue weighted by Crippen LogP contribution is 2.05. The number of aryl methyl sites for hydroxylation is 1. The van der Waals surface area contributed by atoms with Gasteiger partial charge < -0.3 is 5.73 Å². The van der Waals surface area contributed by atoms with Gasteiger partial charge in [-0.1, -0.05) is 12.1 Å². The molecule has 0 unspecified atom stereocenters. The van der Waals surface area contributed by atoms with Crippen LogP contribution in [0, 0.1) is 5.82 Å². The maximum absolute atomic E-state index is 12.6. The van der Waals surface area contributed by atoms with Crippen LogP contribution in [0.25, 0.3) is 0 Å². The summed E-state index contributed by atoms with van der Waals surface area (Å²) in [7, 11) is 0. The second-order valence-electron chi connectivity index (χ2n) is 3.76. The van der Waals surface area contributed by atoms with E-state index in [1.54, 1.807) is 12.1 Å². The van der Waals surface area contributed by atoms with Gasteiger partial charge in [0, 0.05) is 19.4 Å². The molecule has 0 heterocycles. The van der Waals surface area contributed by atoms with Crippen LogP contribution in [0.4, 0.5) is 4.39 Å². The summed E-state index contributed by atoms with van der Waals surface area (Å²) in [6.45, 7) is 0.233. The van der Waals surface area contributed by atoms with Crippen LogP contribution in [0.15, 0.2) is 24.3 Å². The third-order valence-corrected chi connectivity index (χ3v) is 2.27. The number of rotatable bonds is 5. The molecule has 0 saturated heterocycles. The summed E-state index contributed by atoms with van der Waals surface area (Å²) in [5, 5.41) is 0. The van der Waals surface area contributed by atoms with Crippen molar-refractivity contribution in [1.29, 1.82) is 0 Å². The fraction of sp³-hybridized carbons (Fsp3) is 0.333. The zero-order valence-corrected chi connectivity index (χ0v) is 9.91. The minimum absolute atomic E-state index is 0.165. The molecule has 98 valence electrons. The summed E-state index contributed by atoms with van der Waals surface area (Å²) < 4.78 is 12.6. The van der Waals surface area contributed by atoms with Crippen LogP contribution < -0.4 is 16.6 Å². The lowest BCUT2D eigenvalue weighted by Crippen LogP contribution is -2.42. The van der Waals surface area contributed by atoms with E-state index >= 15 is 0 Å². The molecule has 1 aromatic rings. The molecule has 4 N–H and O–H groups in total. The number of nitrogens with two attached hydrogens (primary N) is 1. The summed E-state index contributed by atoms with van der Waals surface area (Å²) >= 11 is 0. The molecule has 0 aliphatic carbocycles. The first-order chi connectivity index (χ1) is 8.61. The average Bonchev–Trinajstić information content (AvgIpc) is 2.36. The zero-order valence-electron chi connectivity index (χ0n) is 9.91. The molecule has 6 heteroatoms. The Kier molecular flexibility index (Phi) is 5.79. The predicted molar refractivity (Wildman–Crippen MR) is 64.7 cm³/mol. The number of amides is 2. The van der Waals surface area contributed by atoms with Crippen molar-refractivity contribution in [2.45, 2.75) is 19.3 Å². The molecule has 18 heavy (non-hydrogen) atoms. The number of carbonyl (C=O) groups is 2. The van der Waals surface area contributed by atoms with Crippen molar-refractivity contribution < 1.29 is 14.0 Å². The molecule has 0 spiro atoms. The standard InChI is InChI=1S/C12H16FN3O2/c13-10-4-1-9(2-5-10)3-6-11(17)15-16-12(18)7-8-14/h1-2,4-5H,3,6-8,14H2,(H,15,17)(H,16,18). The van der Waals surface area contributed by atoms with Gasteiger partial charge in [0.05, 0.1) is 0 Å². The topological polar surface area (TPSA) is 84.2 Å². The first-order valence-corrected chi connectivity index (χ1v) is 5.64. The Morgan fingerprint density at radius 1 is 1.06 bits per heavy atom. The number of benzene rings is 1. The molecule has 0 atom stereocenters. The van der Waals surface area contributed by atoms with Gasteiger partial charge in [0.15, 0.2) is 0 Å². The van der Waals surface area contributed by atoms with Gasteiger partial charge in [-0.05, 0) is 24.1 Å². The molecule has 0 bridgehead atoms. The molecule has 0 saturated carbocycles. The summed E-state index contributed by atoms with van der Waals surface area (Å²) in [5.74, 6) is -0.936. The summed E-state index contributed by atoms with van der Waals surface area (Å²) in [4.78, 5) is 22.4. The van der Waals surface area contributed by atoms with Crippen molar-refractivity contribution >= 4 is 11.8 Å². The maximum atomic E-state index is 12.6. The van der Waals surface area contributed by atoms with Gasteiger partial charge in [0.1, 0.15) is 5.82 Å². The number of halogens is 1. The summed E-state index contributed by atoms with van der Waals surface area (Å²) in [6.07, 6.45) is 0.867. The van der Waals surface area contributed by atoms with Gasteiger partial charge in [0.25, 0.3) is 0 Å². The second kappa shape index (κ2) is 7.39. The van der Waals surface area contributed by atoms with Gasteiger partial charge in [-0.25, -0.2) is 4.39 Å². The Hall–Kier alpha value is -1.95. The number of nitrogens with one attached hydrogen (secondary N) is 2. The van der Waals surface area contributed by atoms with Gasteiger partial charge in [-0.15, -0.1) is 0 Å². The molecule has 1 aromatic carbocycles. The van der Waals surface area contributed by atoms with Crippen LogP contribution >= 0.6 is 0 Å². The van der Waals surface area contributed by atoms with Crippen LogP contribution in [0.1, 0.15) is 18.4 Å². The monoisotopic (exact) mass is 253 g/mol. The van der Waals surface area contributed by atoms with Gasteiger partial charge in [0.2, 0.25) is 11.8 Å². The average molecular weight is 253 g/mol. The lowest BCUT2D eigenvalue weighted by atomic mass is 10.1. The lowest BCUT2D eigenvalue weighted by molar-refractivity contribution is -0.128. The van der Waals surface area contributed by atoms with Crippen LogP contribution in [0.2, 0.25) is 0 Å². The van der Waals surface area contributed by atoms with Gasteiger partial charge in [-0.3, -0.25) is 20.4 Å². The Bertz CT molecular complexity index is 406. The van der Waals surface area contributed by atoms with Gasteiger partial charge >= 0.3 is 0 Å². The first kappa shape index (κ1) is 14.1. The Labute approximate surface area is 105 Å². The van der Waals surface area contributed by atoms with Crippen molar-refractivity contribution in [2.75, 3.05) is 6.54 Å². The Morgan fingerprint density at radius 3 is 2.17 bits per heavy atom. The van der Waals surface area contributed by atoms with E-state index in [1.807, 2.05) is 0 Å². The molecule has 2 amide bonds. The molecule has 0 radical (unpaired) electrons. The SMILES string of the molecule is NCCC(=O)NNC(=O)CCc1ccc(F)cc1. The molecule has 0 aliphatic heterocycles. The van der Waals surface area contributed by atoms with E-state index in [9.17, 15) is 14.0 Å². The highest BCUT2D eigenvalue weighted by molar-refractivity contribution is 5.82. The third kappa shape index (κ3) is 5.40. The molecule has 5 nitrogen and oxygen atoms in total. The van der Waals surface area contributed by atoms with Crippen molar-refractivity contribution in [3.8, 4) is 0 Å². The number of hydrogen-bond donors (Lipinski definition) is 3. The van der Waals surface area contributed by atoms with Crippen LogP contribution in [-0.2, 0) is 16.0 Å². The van der Waals surface area contributed by atoms with E-state index in [0.29, 0.717) is 6.42 Å². The first-order valence-electron chi connectivity index (χ1n) is 5.64. The minimum Gasteiger partial charge on any atom is -0.330 e. The van der Waals surface area contributed by atoms with Crippen molar-refractivity contribution in [3.05, 3.63) is 35.6 Å². The molecule has 0 aromatic heterocycles. The molecule has 0 aliphatic rings. The quantitative estimate of drug-likeness (QED) is 0.658. The smallest absolute Gasteiger partial charge is 0.239 e. The van der Waals surface area contributed by atoms with Gasteiger partial charge in [-0.2, -0.15) is 0 Å². The summed E-state index contributed by atoms with van der Waals surface area (Å²) in [5.41, 5.74) is 10.6. The normalized spacial score (nSPS) is 9.89. The predicted octanol–water partition coefficient (Wildman–Crippen LogP) is 0.255. The lowest BCUT2D eigenvalue weighted by Gasteiger charge is -2.06. The van der Waals surface area contributed by atoms with Crippen LogP contribution in [0.3, 0.4) is 0 Å². The van der Waals surface area contributed by atoms with E-state index in [0.717, 1.165) is 5.56 Å². The maximum Gasteiger partial charge on any atom is 0.239 e. The van der Waals surface area contributed by atoms with Crippen molar-refractivity contribution in [1.82, 2.24) is 10.9 Å². The molecular formula is C12H16FN3O2. The summed E-state index contributed by atoms with van der Waals surface area (Å²) in [6, 6.07) is 5.93. The number of carbonyl (C=O) groups excluding carboxylic acids is 2.